The van der Waals surface area contributed by atoms with Crippen LogP contribution in [0.15, 0.2) is 24.3 Å². The van der Waals surface area contributed by atoms with Gasteiger partial charge in [-0.05, 0) is 18.9 Å². The second-order valence-electron chi connectivity index (χ2n) is 5.13. The maximum Gasteiger partial charge on any atom is 0.430 e. The van der Waals surface area contributed by atoms with Crippen molar-refractivity contribution in [2.45, 2.75) is 25.1 Å². The molecule has 4 nitrogen and oxygen atoms in total. The maximum atomic E-state index is 13.0. The number of amides is 1. The molecule has 1 atom stereocenters. The van der Waals surface area contributed by atoms with Crippen LogP contribution in [0.2, 0.25) is 0 Å². The van der Waals surface area contributed by atoms with Crippen LogP contribution in [0, 0.1) is 17.8 Å². The van der Waals surface area contributed by atoms with Crippen molar-refractivity contribution in [1.29, 1.82) is 0 Å². The van der Waals surface area contributed by atoms with E-state index in [0.717, 1.165) is 17.9 Å². The largest absolute Gasteiger partial charge is 0.430 e. The molecular formula is C15H13F3N2O2. The van der Waals surface area contributed by atoms with E-state index in [1.165, 1.54) is 18.2 Å². The Morgan fingerprint density at radius 3 is 2.73 bits per heavy atom. The summed E-state index contributed by atoms with van der Waals surface area (Å²) in [5.41, 5.74) is 2.73. The van der Waals surface area contributed by atoms with E-state index in [1.807, 2.05) is 0 Å². The zero-order valence-corrected chi connectivity index (χ0v) is 11.5. The van der Waals surface area contributed by atoms with Crippen LogP contribution in [0.5, 0.6) is 0 Å². The van der Waals surface area contributed by atoms with Crippen molar-refractivity contribution >= 4 is 11.8 Å². The van der Waals surface area contributed by atoms with Crippen LogP contribution in [0.3, 0.4) is 0 Å². The molecule has 0 radical (unpaired) electrons. The van der Waals surface area contributed by atoms with Gasteiger partial charge in [-0.3, -0.25) is 0 Å². The van der Waals surface area contributed by atoms with Crippen molar-refractivity contribution in [2.24, 2.45) is 5.92 Å². The fourth-order valence-corrected chi connectivity index (χ4v) is 2.16. The Labute approximate surface area is 125 Å². The number of cyclic esters (lactones) is 1. The van der Waals surface area contributed by atoms with Crippen molar-refractivity contribution in [3.05, 3.63) is 29.8 Å². The van der Waals surface area contributed by atoms with Crippen LogP contribution >= 0.6 is 0 Å². The van der Waals surface area contributed by atoms with E-state index in [1.54, 1.807) is 6.07 Å². The molecular weight excluding hydrogens is 297 g/mol. The average molecular weight is 310 g/mol. The van der Waals surface area contributed by atoms with Gasteiger partial charge in [-0.2, -0.15) is 13.2 Å². The lowest BCUT2D eigenvalue weighted by Gasteiger charge is -2.34. The molecule has 7 heteroatoms. The minimum absolute atomic E-state index is 0.0998. The standard InChI is InChI=1S/C15H13F3N2O2/c16-15(17,18)13-11-5-1-2-6-12(11)20(14(21)22-13)19-9-3-4-10-7-8-10/h1-2,5-6,10,13,19H,7-9H2. The number of halogens is 3. The highest BCUT2D eigenvalue weighted by Gasteiger charge is 2.49. The fraction of sp³-hybridized carbons (Fsp3) is 0.400. The molecule has 1 saturated carbocycles. The van der Waals surface area contributed by atoms with E-state index < -0.39 is 18.4 Å². The lowest BCUT2D eigenvalue weighted by molar-refractivity contribution is -0.207. The lowest BCUT2D eigenvalue weighted by Crippen LogP contribution is -2.49. The quantitative estimate of drug-likeness (QED) is 0.853. The first-order chi connectivity index (χ1) is 10.5. The zero-order chi connectivity index (χ0) is 15.7. The summed E-state index contributed by atoms with van der Waals surface area (Å²) < 4.78 is 43.5. The number of carbonyl (C=O) groups is 1. The minimum atomic E-state index is -4.65. The van der Waals surface area contributed by atoms with E-state index in [4.69, 9.17) is 0 Å². The van der Waals surface area contributed by atoms with Crippen LogP contribution in [0.25, 0.3) is 0 Å². The number of nitrogens with one attached hydrogen (secondary N) is 1. The Balaban J connectivity index is 1.81. The molecule has 116 valence electrons. The molecule has 1 aromatic rings. The highest BCUT2D eigenvalue weighted by molar-refractivity contribution is 5.90. The first-order valence-corrected chi connectivity index (χ1v) is 6.85. The molecule has 1 aliphatic carbocycles. The van der Waals surface area contributed by atoms with E-state index in [2.05, 4.69) is 22.0 Å². The van der Waals surface area contributed by atoms with Gasteiger partial charge in [-0.15, -0.1) is 0 Å². The summed E-state index contributed by atoms with van der Waals surface area (Å²) in [4.78, 5) is 11.8. The van der Waals surface area contributed by atoms with Crippen molar-refractivity contribution in [1.82, 2.24) is 5.43 Å². The first kappa shape index (κ1) is 14.7. The Hall–Kier alpha value is -2.20. The van der Waals surface area contributed by atoms with Gasteiger partial charge >= 0.3 is 12.3 Å². The second kappa shape index (κ2) is 5.54. The summed E-state index contributed by atoms with van der Waals surface area (Å²) in [6, 6.07) is 5.78. The second-order valence-corrected chi connectivity index (χ2v) is 5.13. The number of rotatable bonds is 2. The molecule has 3 rings (SSSR count). The predicted octanol–water partition coefficient (Wildman–Crippen LogP) is 3.16. The van der Waals surface area contributed by atoms with Gasteiger partial charge < -0.3 is 4.74 Å². The van der Waals surface area contributed by atoms with Gasteiger partial charge in [-0.25, -0.2) is 15.2 Å². The number of hydrogen-bond donors (Lipinski definition) is 1. The van der Waals surface area contributed by atoms with Crippen molar-refractivity contribution in [3.8, 4) is 11.8 Å². The van der Waals surface area contributed by atoms with Gasteiger partial charge in [0.15, 0.2) is 0 Å². The predicted molar refractivity (Wildman–Crippen MR) is 72.7 cm³/mol. The number of nitrogens with zero attached hydrogens (tertiary/aromatic N) is 1. The van der Waals surface area contributed by atoms with E-state index in [-0.39, 0.29) is 17.8 Å². The highest BCUT2D eigenvalue weighted by Crippen LogP contribution is 2.43. The number of carbonyl (C=O) groups excluding carboxylic acids is 1. The Bertz CT molecular complexity index is 644. The molecule has 1 fully saturated rings. The summed E-state index contributed by atoms with van der Waals surface area (Å²) in [6.45, 7) is 0.163. The third-order valence-electron chi connectivity index (χ3n) is 3.37. The number of ether oxygens (including phenoxy) is 1. The number of alkyl halides is 3. The van der Waals surface area contributed by atoms with E-state index in [0.29, 0.717) is 5.92 Å². The molecule has 0 aromatic heterocycles. The molecule has 1 aliphatic heterocycles. The summed E-state index contributed by atoms with van der Waals surface area (Å²) in [6.07, 6.45) is -5.83. The topological polar surface area (TPSA) is 41.6 Å². The van der Waals surface area contributed by atoms with Gasteiger partial charge in [0, 0.05) is 11.5 Å². The Kier molecular flexibility index (Phi) is 3.71. The van der Waals surface area contributed by atoms with Crippen LogP contribution < -0.4 is 10.4 Å². The number of benzene rings is 1. The molecule has 1 N–H and O–H groups in total. The Morgan fingerprint density at radius 2 is 2.05 bits per heavy atom. The summed E-state index contributed by atoms with van der Waals surface area (Å²) >= 11 is 0. The number of hydrazine groups is 1. The highest BCUT2D eigenvalue weighted by atomic mass is 19.4. The molecule has 1 aromatic carbocycles. The van der Waals surface area contributed by atoms with Gasteiger partial charge in [0.1, 0.15) is 0 Å². The number of anilines is 1. The molecule has 1 unspecified atom stereocenters. The SMILES string of the molecule is O=C1OC(C(F)(F)F)c2ccccc2N1NCC#CC1CC1. The van der Waals surface area contributed by atoms with Crippen molar-refractivity contribution in [3.63, 3.8) is 0 Å². The molecule has 0 spiro atoms. The monoisotopic (exact) mass is 310 g/mol. The summed E-state index contributed by atoms with van der Waals surface area (Å²) in [7, 11) is 0. The van der Waals surface area contributed by atoms with E-state index >= 15 is 0 Å². The van der Waals surface area contributed by atoms with Gasteiger partial charge in [0.25, 0.3) is 0 Å². The molecule has 0 saturated heterocycles. The molecule has 1 heterocycles. The first-order valence-electron chi connectivity index (χ1n) is 6.85. The molecule has 2 aliphatic rings. The van der Waals surface area contributed by atoms with Gasteiger partial charge in [-0.1, -0.05) is 30.0 Å². The van der Waals surface area contributed by atoms with Gasteiger partial charge in [0.05, 0.1) is 12.2 Å². The fourth-order valence-electron chi connectivity index (χ4n) is 2.16. The molecule has 22 heavy (non-hydrogen) atoms. The average Bonchev–Trinajstić information content (AvgIpc) is 3.28. The normalized spacial score (nSPS) is 20.8. The van der Waals surface area contributed by atoms with Crippen LogP contribution in [-0.4, -0.2) is 18.8 Å². The van der Waals surface area contributed by atoms with Crippen LogP contribution in [0.4, 0.5) is 23.7 Å². The maximum absolute atomic E-state index is 13.0. The van der Waals surface area contributed by atoms with Crippen molar-refractivity contribution < 1.29 is 22.7 Å². The number of hydrogen-bond acceptors (Lipinski definition) is 3. The third kappa shape index (κ3) is 3.02. The number of para-hydroxylation sites is 1. The van der Waals surface area contributed by atoms with Gasteiger partial charge in [0.2, 0.25) is 6.10 Å². The van der Waals surface area contributed by atoms with Crippen molar-refractivity contribution in [2.75, 3.05) is 11.6 Å². The third-order valence-corrected chi connectivity index (χ3v) is 3.37. The minimum Gasteiger partial charge on any atom is -0.430 e. The smallest absolute Gasteiger partial charge is 0.430 e. The summed E-state index contributed by atoms with van der Waals surface area (Å²) in [5.74, 6) is 6.27. The zero-order valence-electron chi connectivity index (χ0n) is 11.5. The molecule has 0 bridgehead atoms. The Morgan fingerprint density at radius 1 is 1.32 bits per heavy atom. The van der Waals surface area contributed by atoms with E-state index in [9.17, 15) is 18.0 Å². The molecule has 1 amide bonds. The van der Waals surface area contributed by atoms with Crippen LogP contribution in [0.1, 0.15) is 24.5 Å². The van der Waals surface area contributed by atoms with Crippen LogP contribution in [-0.2, 0) is 4.74 Å². The summed E-state index contributed by atoms with van der Waals surface area (Å²) in [5, 5.41) is 0.971. The lowest BCUT2D eigenvalue weighted by atomic mass is 10.1. The number of fused-ring (bicyclic) bond motifs is 1.